The number of anilines is 1. The Morgan fingerprint density at radius 2 is 2.20 bits per heavy atom. The van der Waals surface area contributed by atoms with Gasteiger partial charge in [0, 0.05) is 40.6 Å². The minimum atomic E-state index is -0.119. The molecule has 0 atom stereocenters. The van der Waals surface area contributed by atoms with Gasteiger partial charge < -0.3 is 11.1 Å². The van der Waals surface area contributed by atoms with Crippen molar-refractivity contribution in [3.63, 3.8) is 0 Å². The molecule has 2 aromatic rings. The number of pyridine rings is 1. The van der Waals surface area contributed by atoms with E-state index >= 15 is 0 Å². The highest BCUT2D eigenvalue weighted by Gasteiger charge is 2.11. The molecule has 5 heteroatoms. The highest BCUT2D eigenvalue weighted by molar-refractivity contribution is 9.10. The summed E-state index contributed by atoms with van der Waals surface area (Å²) >= 11 is 3.35. The van der Waals surface area contributed by atoms with E-state index in [0.717, 1.165) is 15.7 Å². The fourth-order valence-electron chi connectivity index (χ4n) is 1.88. The molecule has 1 aromatic heterocycles. The molecule has 2 rings (SSSR count). The maximum Gasteiger partial charge on any atom is 0.251 e. The third-order valence-electron chi connectivity index (χ3n) is 3.05. The third-order valence-corrected chi connectivity index (χ3v) is 3.51. The molecule has 1 amide bonds. The lowest BCUT2D eigenvalue weighted by Crippen LogP contribution is -2.26. The number of hydrogen-bond donors (Lipinski definition) is 2. The van der Waals surface area contributed by atoms with Crippen LogP contribution in [-0.4, -0.2) is 17.4 Å². The molecular weight excluding hydrogens is 318 g/mol. The summed E-state index contributed by atoms with van der Waals surface area (Å²) in [7, 11) is 0. The smallest absolute Gasteiger partial charge is 0.251 e. The van der Waals surface area contributed by atoms with Crippen LogP contribution in [0.25, 0.3) is 0 Å². The Kier molecular flexibility index (Phi) is 4.74. The third kappa shape index (κ3) is 3.57. The maximum atomic E-state index is 12.2. The number of aromatic nitrogens is 1. The van der Waals surface area contributed by atoms with E-state index in [-0.39, 0.29) is 5.91 Å². The summed E-state index contributed by atoms with van der Waals surface area (Å²) in [5.74, 6) is -0.119. The van der Waals surface area contributed by atoms with Gasteiger partial charge in [-0.25, -0.2) is 0 Å². The van der Waals surface area contributed by atoms with Crippen molar-refractivity contribution >= 4 is 27.5 Å². The first kappa shape index (κ1) is 14.5. The molecule has 1 aromatic carbocycles. The maximum absolute atomic E-state index is 12.2. The summed E-state index contributed by atoms with van der Waals surface area (Å²) in [6.45, 7) is 2.39. The van der Waals surface area contributed by atoms with E-state index in [9.17, 15) is 4.79 Å². The molecule has 0 radical (unpaired) electrons. The molecule has 4 nitrogen and oxygen atoms in total. The number of amides is 1. The second-order valence-corrected chi connectivity index (χ2v) is 5.41. The second kappa shape index (κ2) is 6.52. The van der Waals surface area contributed by atoms with Crippen LogP contribution in [0.3, 0.4) is 0 Å². The number of nitrogens with zero attached hydrogens (tertiary/aromatic N) is 1. The molecule has 0 saturated carbocycles. The van der Waals surface area contributed by atoms with E-state index in [1.165, 1.54) is 0 Å². The topological polar surface area (TPSA) is 68.0 Å². The monoisotopic (exact) mass is 333 g/mol. The Morgan fingerprint density at radius 3 is 2.90 bits per heavy atom. The van der Waals surface area contributed by atoms with Crippen LogP contribution in [0.15, 0.2) is 41.0 Å². The number of nitrogen functional groups attached to an aromatic ring is 1. The van der Waals surface area contributed by atoms with Crippen molar-refractivity contribution in [3.05, 3.63) is 57.8 Å². The van der Waals surface area contributed by atoms with Gasteiger partial charge in [-0.2, -0.15) is 0 Å². The van der Waals surface area contributed by atoms with Crippen molar-refractivity contribution in [2.75, 3.05) is 12.3 Å². The summed E-state index contributed by atoms with van der Waals surface area (Å²) in [4.78, 5) is 16.4. The van der Waals surface area contributed by atoms with Crippen molar-refractivity contribution in [2.45, 2.75) is 13.3 Å². The van der Waals surface area contributed by atoms with E-state index in [1.807, 2.05) is 25.1 Å². The average molecular weight is 334 g/mol. The van der Waals surface area contributed by atoms with Gasteiger partial charge in [0.25, 0.3) is 5.91 Å². The van der Waals surface area contributed by atoms with E-state index in [1.54, 1.807) is 18.3 Å². The van der Waals surface area contributed by atoms with Gasteiger partial charge in [0.1, 0.15) is 0 Å². The summed E-state index contributed by atoms with van der Waals surface area (Å²) in [5.41, 5.74) is 8.81. The van der Waals surface area contributed by atoms with Crippen molar-refractivity contribution in [1.82, 2.24) is 10.3 Å². The van der Waals surface area contributed by atoms with Crippen LogP contribution in [-0.2, 0) is 6.42 Å². The first-order chi connectivity index (χ1) is 9.58. The second-order valence-electron chi connectivity index (χ2n) is 4.49. The molecule has 0 aliphatic heterocycles. The molecule has 20 heavy (non-hydrogen) atoms. The van der Waals surface area contributed by atoms with Gasteiger partial charge in [-0.1, -0.05) is 22.0 Å². The van der Waals surface area contributed by atoms with Crippen LogP contribution in [0.1, 0.15) is 21.6 Å². The Hall–Kier alpha value is -1.88. The van der Waals surface area contributed by atoms with Crippen molar-refractivity contribution in [2.24, 2.45) is 0 Å². The standard InChI is InChI=1S/C15H16BrN3O/c1-10-13(8-11(16)9-14(10)17)15(20)19-7-5-12-4-2-3-6-18-12/h2-4,6,8-9H,5,7,17H2,1H3,(H,19,20). The van der Waals surface area contributed by atoms with Crippen LogP contribution >= 0.6 is 15.9 Å². The normalized spacial score (nSPS) is 10.3. The van der Waals surface area contributed by atoms with Gasteiger partial charge in [-0.3, -0.25) is 9.78 Å². The molecule has 0 aliphatic carbocycles. The van der Waals surface area contributed by atoms with Gasteiger partial charge in [0.15, 0.2) is 0 Å². The molecule has 0 saturated heterocycles. The van der Waals surface area contributed by atoms with Gasteiger partial charge >= 0.3 is 0 Å². The van der Waals surface area contributed by atoms with Crippen molar-refractivity contribution in [3.8, 4) is 0 Å². The molecule has 0 bridgehead atoms. The number of carbonyl (C=O) groups is 1. The van der Waals surface area contributed by atoms with Crippen LogP contribution in [0.2, 0.25) is 0 Å². The molecule has 104 valence electrons. The number of rotatable bonds is 4. The van der Waals surface area contributed by atoms with Crippen LogP contribution < -0.4 is 11.1 Å². The molecule has 0 spiro atoms. The molecule has 0 aliphatic rings. The lowest BCUT2D eigenvalue weighted by molar-refractivity contribution is 0.0953. The minimum absolute atomic E-state index is 0.119. The number of carbonyl (C=O) groups excluding carboxylic acids is 1. The number of halogens is 1. The lowest BCUT2D eigenvalue weighted by Gasteiger charge is -2.10. The number of nitrogens with two attached hydrogens (primary N) is 1. The fourth-order valence-corrected chi connectivity index (χ4v) is 2.36. The predicted molar refractivity (Wildman–Crippen MR) is 83.6 cm³/mol. The largest absolute Gasteiger partial charge is 0.398 e. The highest BCUT2D eigenvalue weighted by atomic mass is 79.9. The zero-order valence-corrected chi connectivity index (χ0v) is 12.8. The quantitative estimate of drug-likeness (QED) is 0.845. The van der Waals surface area contributed by atoms with Gasteiger partial charge in [-0.15, -0.1) is 0 Å². The van der Waals surface area contributed by atoms with Gasteiger partial charge in [-0.05, 0) is 36.8 Å². The van der Waals surface area contributed by atoms with Gasteiger partial charge in [0.05, 0.1) is 0 Å². The Bertz CT molecular complexity index is 614. The first-order valence-electron chi connectivity index (χ1n) is 6.31. The Labute approximate surface area is 126 Å². The van der Waals surface area contributed by atoms with Crippen LogP contribution in [0.5, 0.6) is 0 Å². The number of benzene rings is 1. The van der Waals surface area contributed by atoms with Crippen molar-refractivity contribution < 1.29 is 4.79 Å². The molecule has 3 N–H and O–H groups in total. The summed E-state index contributed by atoms with van der Waals surface area (Å²) in [6, 6.07) is 9.31. The first-order valence-corrected chi connectivity index (χ1v) is 7.11. The van der Waals surface area contributed by atoms with Gasteiger partial charge in [0.2, 0.25) is 0 Å². The van der Waals surface area contributed by atoms with Crippen LogP contribution in [0.4, 0.5) is 5.69 Å². The van der Waals surface area contributed by atoms with Crippen molar-refractivity contribution in [1.29, 1.82) is 0 Å². The molecule has 0 unspecified atom stereocenters. The Balaban J connectivity index is 1.99. The summed E-state index contributed by atoms with van der Waals surface area (Å²) in [5, 5.41) is 2.89. The van der Waals surface area contributed by atoms with E-state index in [2.05, 4.69) is 26.2 Å². The SMILES string of the molecule is Cc1c(N)cc(Br)cc1C(=O)NCCc1ccccn1. The zero-order valence-electron chi connectivity index (χ0n) is 11.2. The number of nitrogens with one attached hydrogen (secondary N) is 1. The molecular formula is C15H16BrN3O. The zero-order chi connectivity index (χ0) is 14.5. The molecule has 0 fully saturated rings. The lowest BCUT2D eigenvalue weighted by atomic mass is 10.1. The summed E-state index contributed by atoms with van der Waals surface area (Å²) in [6.07, 6.45) is 2.45. The van der Waals surface area contributed by atoms with E-state index in [4.69, 9.17) is 5.73 Å². The fraction of sp³-hybridized carbons (Fsp3) is 0.200. The van der Waals surface area contributed by atoms with E-state index < -0.39 is 0 Å². The number of hydrogen-bond acceptors (Lipinski definition) is 3. The van der Waals surface area contributed by atoms with Crippen LogP contribution in [0, 0.1) is 6.92 Å². The minimum Gasteiger partial charge on any atom is -0.398 e. The van der Waals surface area contributed by atoms with E-state index in [0.29, 0.717) is 24.2 Å². The average Bonchev–Trinajstić information content (AvgIpc) is 2.44. The predicted octanol–water partition coefficient (Wildman–Crippen LogP) is 2.71. The molecule has 1 heterocycles. The highest BCUT2D eigenvalue weighted by Crippen LogP contribution is 2.22. The Morgan fingerprint density at radius 1 is 1.40 bits per heavy atom. The summed E-state index contributed by atoms with van der Waals surface area (Å²) < 4.78 is 0.801.